The number of carbonyl (C=O) groups is 1. The minimum atomic E-state index is -0.570. The van der Waals surface area contributed by atoms with Crippen molar-refractivity contribution in [2.24, 2.45) is 0 Å². The Bertz CT molecular complexity index is 1810. The number of pyridine rings is 2. The first-order valence-electron chi connectivity index (χ1n) is 15.8. The van der Waals surface area contributed by atoms with Crippen LogP contribution in [0.3, 0.4) is 0 Å². The summed E-state index contributed by atoms with van der Waals surface area (Å²) in [5.74, 6) is 1.75. The molecule has 236 valence electrons. The number of amides is 1. The predicted octanol–water partition coefficient (Wildman–Crippen LogP) is 6.22. The van der Waals surface area contributed by atoms with Crippen LogP contribution in [-0.4, -0.2) is 69.4 Å². The van der Waals surface area contributed by atoms with Gasteiger partial charge in [0.25, 0.3) is 0 Å². The van der Waals surface area contributed by atoms with E-state index in [2.05, 4.69) is 24.8 Å². The summed E-state index contributed by atoms with van der Waals surface area (Å²) < 4.78 is 13.0. The standard InChI is InChI=1S/C35H42N6O4/c1-21(2)28-30(22(3)14-15-36-28)41-32-26(20-25(23-12-13-23)29(37-32)24-10-8-9-11-27(24)44-7)31(38-33(41)42)39-16-18-40(19-17-39)34(43)45-35(4,5)6/h8-11,14-15,20-21,23H,12-13,16-19H2,1-7H3. The highest BCUT2D eigenvalue weighted by molar-refractivity contribution is 5.92. The van der Waals surface area contributed by atoms with Gasteiger partial charge in [0.15, 0.2) is 5.65 Å². The molecule has 1 aromatic carbocycles. The largest absolute Gasteiger partial charge is 0.496 e. The summed E-state index contributed by atoms with van der Waals surface area (Å²) in [4.78, 5) is 45.6. The normalized spacial score (nSPS) is 15.6. The fourth-order valence-electron chi connectivity index (χ4n) is 6.06. The highest BCUT2D eigenvalue weighted by Crippen LogP contribution is 2.47. The van der Waals surface area contributed by atoms with E-state index in [4.69, 9.17) is 24.4 Å². The van der Waals surface area contributed by atoms with Crippen molar-refractivity contribution in [2.75, 3.05) is 38.2 Å². The van der Waals surface area contributed by atoms with E-state index < -0.39 is 11.3 Å². The Morgan fingerprint density at radius 2 is 1.73 bits per heavy atom. The summed E-state index contributed by atoms with van der Waals surface area (Å²) in [6.45, 7) is 13.7. The van der Waals surface area contributed by atoms with Gasteiger partial charge in [-0.05, 0) is 87.8 Å². The molecule has 2 fully saturated rings. The number of ether oxygens (including phenoxy) is 2. The van der Waals surface area contributed by atoms with Crippen LogP contribution in [0.25, 0.3) is 28.0 Å². The van der Waals surface area contributed by atoms with E-state index in [1.165, 1.54) is 0 Å². The molecule has 4 aromatic rings. The van der Waals surface area contributed by atoms with E-state index >= 15 is 0 Å². The molecule has 1 amide bonds. The van der Waals surface area contributed by atoms with Gasteiger partial charge in [0.05, 0.1) is 29.6 Å². The zero-order valence-electron chi connectivity index (χ0n) is 27.3. The van der Waals surface area contributed by atoms with Crippen LogP contribution >= 0.6 is 0 Å². The molecule has 10 nitrogen and oxygen atoms in total. The lowest BCUT2D eigenvalue weighted by atomic mass is 9.99. The van der Waals surface area contributed by atoms with Crippen molar-refractivity contribution in [1.29, 1.82) is 0 Å². The lowest BCUT2D eigenvalue weighted by Gasteiger charge is -2.36. The molecule has 0 unspecified atom stereocenters. The van der Waals surface area contributed by atoms with Crippen LogP contribution in [-0.2, 0) is 4.74 Å². The van der Waals surface area contributed by atoms with Crippen LogP contribution in [0.1, 0.15) is 76.1 Å². The van der Waals surface area contributed by atoms with Crippen molar-refractivity contribution >= 4 is 22.9 Å². The zero-order chi connectivity index (χ0) is 32.0. The topological polar surface area (TPSA) is 103 Å². The Labute approximate surface area is 264 Å². The molecular formula is C35H42N6O4. The maximum absolute atomic E-state index is 14.2. The van der Waals surface area contributed by atoms with Crippen LogP contribution in [0.15, 0.2) is 47.4 Å². The third-order valence-electron chi connectivity index (χ3n) is 8.41. The van der Waals surface area contributed by atoms with Crippen molar-refractivity contribution < 1.29 is 14.3 Å². The zero-order valence-corrected chi connectivity index (χ0v) is 27.3. The van der Waals surface area contributed by atoms with Crippen LogP contribution in [0.5, 0.6) is 5.75 Å². The number of rotatable bonds is 6. The van der Waals surface area contributed by atoms with Crippen molar-refractivity contribution in [2.45, 2.75) is 71.8 Å². The highest BCUT2D eigenvalue weighted by Gasteiger charge is 2.33. The van der Waals surface area contributed by atoms with Crippen molar-refractivity contribution in [1.82, 2.24) is 24.4 Å². The lowest BCUT2D eigenvalue weighted by molar-refractivity contribution is 0.0240. The van der Waals surface area contributed by atoms with Crippen molar-refractivity contribution in [3.8, 4) is 22.7 Å². The van der Waals surface area contributed by atoms with Gasteiger partial charge in [-0.2, -0.15) is 4.98 Å². The Kier molecular flexibility index (Phi) is 8.01. The number of fused-ring (bicyclic) bond motifs is 1. The van der Waals surface area contributed by atoms with Gasteiger partial charge in [0.1, 0.15) is 17.2 Å². The number of anilines is 1. The first-order chi connectivity index (χ1) is 21.5. The Hall–Kier alpha value is -4.47. The second-order valence-electron chi connectivity index (χ2n) is 13.3. The Morgan fingerprint density at radius 3 is 2.38 bits per heavy atom. The van der Waals surface area contributed by atoms with Crippen LogP contribution in [0, 0.1) is 6.92 Å². The van der Waals surface area contributed by atoms with E-state index in [1.54, 1.807) is 22.8 Å². The van der Waals surface area contributed by atoms with Crippen molar-refractivity contribution in [3.63, 3.8) is 0 Å². The fraction of sp³-hybridized carbons (Fsp3) is 0.457. The smallest absolute Gasteiger partial charge is 0.410 e. The molecule has 10 heteroatoms. The maximum Gasteiger partial charge on any atom is 0.410 e. The van der Waals surface area contributed by atoms with Crippen LogP contribution in [0.4, 0.5) is 10.6 Å². The summed E-state index contributed by atoms with van der Waals surface area (Å²) in [5, 5.41) is 0.804. The molecule has 0 atom stereocenters. The minimum Gasteiger partial charge on any atom is -0.496 e. The fourth-order valence-corrected chi connectivity index (χ4v) is 6.06. The molecule has 0 radical (unpaired) electrons. The van der Waals surface area contributed by atoms with E-state index in [-0.39, 0.29) is 12.0 Å². The lowest BCUT2D eigenvalue weighted by Crippen LogP contribution is -2.50. The molecule has 1 saturated carbocycles. The molecule has 1 aliphatic carbocycles. The summed E-state index contributed by atoms with van der Waals surface area (Å²) in [6, 6.07) is 12.0. The first kappa shape index (κ1) is 30.6. The van der Waals surface area contributed by atoms with Gasteiger partial charge in [-0.3, -0.25) is 4.98 Å². The van der Waals surface area contributed by atoms with Gasteiger partial charge in [-0.1, -0.05) is 26.0 Å². The summed E-state index contributed by atoms with van der Waals surface area (Å²) in [7, 11) is 1.67. The molecule has 0 N–H and O–H groups in total. The molecule has 0 spiro atoms. The number of benzene rings is 1. The summed E-state index contributed by atoms with van der Waals surface area (Å²) in [5.41, 5.74) is 4.82. The van der Waals surface area contributed by atoms with E-state index in [0.29, 0.717) is 49.2 Å². The third kappa shape index (κ3) is 5.98. The summed E-state index contributed by atoms with van der Waals surface area (Å²) in [6.07, 6.45) is 3.60. The SMILES string of the molecule is COc1ccccc1-c1nc2c(cc1C1CC1)c(N1CCN(C(=O)OC(C)(C)C)CC1)nc(=O)n2-c1c(C)ccnc1C(C)C. The number of hydrogen-bond acceptors (Lipinski definition) is 8. The number of methoxy groups -OCH3 is 1. The number of nitrogens with zero attached hydrogens (tertiary/aromatic N) is 6. The van der Waals surface area contributed by atoms with Gasteiger partial charge in [-0.25, -0.2) is 19.1 Å². The van der Waals surface area contributed by atoms with E-state index in [9.17, 15) is 9.59 Å². The van der Waals surface area contributed by atoms with E-state index in [0.717, 1.165) is 52.1 Å². The molecular weight excluding hydrogens is 568 g/mol. The Balaban J connectivity index is 1.56. The summed E-state index contributed by atoms with van der Waals surface area (Å²) >= 11 is 0. The number of para-hydroxylation sites is 1. The second-order valence-corrected chi connectivity index (χ2v) is 13.3. The number of hydrogen-bond donors (Lipinski definition) is 0. The monoisotopic (exact) mass is 610 g/mol. The number of aryl methyl sites for hydroxylation is 1. The quantitative estimate of drug-likeness (QED) is 0.254. The van der Waals surface area contributed by atoms with Crippen LogP contribution < -0.4 is 15.3 Å². The Morgan fingerprint density at radius 1 is 1.02 bits per heavy atom. The molecule has 1 saturated heterocycles. The van der Waals surface area contributed by atoms with Gasteiger partial charge in [0, 0.05) is 37.9 Å². The maximum atomic E-state index is 14.2. The van der Waals surface area contributed by atoms with Gasteiger partial charge < -0.3 is 19.3 Å². The minimum absolute atomic E-state index is 0.0712. The number of carbonyl (C=O) groups excluding carboxylic acids is 1. The molecule has 3 aromatic heterocycles. The number of aromatic nitrogens is 4. The average molecular weight is 611 g/mol. The van der Waals surface area contributed by atoms with E-state index in [1.807, 2.05) is 58.0 Å². The molecule has 0 bridgehead atoms. The van der Waals surface area contributed by atoms with Gasteiger partial charge in [0.2, 0.25) is 0 Å². The second kappa shape index (κ2) is 11.8. The molecule has 4 heterocycles. The molecule has 2 aliphatic rings. The van der Waals surface area contributed by atoms with Crippen LogP contribution in [0.2, 0.25) is 0 Å². The third-order valence-corrected chi connectivity index (χ3v) is 8.41. The van der Waals surface area contributed by atoms with Gasteiger partial charge in [-0.15, -0.1) is 0 Å². The van der Waals surface area contributed by atoms with Gasteiger partial charge >= 0.3 is 11.8 Å². The number of piperazine rings is 1. The molecule has 6 rings (SSSR count). The van der Waals surface area contributed by atoms with Crippen molar-refractivity contribution in [3.05, 3.63) is 69.9 Å². The first-order valence-corrected chi connectivity index (χ1v) is 15.8. The molecule has 1 aliphatic heterocycles. The molecule has 45 heavy (non-hydrogen) atoms. The average Bonchev–Trinajstić information content (AvgIpc) is 3.85. The highest BCUT2D eigenvalue weighted by atomic mass is 16.6. The predicted molar refractivity (Wildman–Crippen MR) is 176 cm³/mol.